The number of aryl methyl sites for hydroxylation is 1. The van der Waals surface area contributed by atoms with Crippen LogP contribution in [-0.2, 0) is 15.9 Å². The Labute approximate surface area is 138 Å². The van der Waals surface area contributed by atoms with Crippen molar-refractivity contribution in [2.75, 3.05) is 39.2 Å². The van der Waals surface area contributed by atoms with E-state index in [1.54, 1.807) is 14.2 Å². The Bertz CT molecular complexity index is 489. The summed E-state index contributed by atoms with van der Waals surface area (Å²) >= 11 is 0. The minimum Gasteiger partial charge on any atom is -0.370 e. The zero-order chi connectivity index (χ0) is 14.7. The predicted octanol–water partition coefficient (Wildman–Crippen LogP) is 2.62. The fourth-order valence-electron chi connectivity index (χ4n) is 3.38. The summed E-state index contributed by atoms with van der Waals surface area (Å²) in [4.78, 5) is 4.85. The lowest BCUT2D eigenvalue weighted by molar-refractivity contribution is -0.109. The molecule has 2 aliphatic heterocycles. The third-order valence-corrected chi connectivity index (χ3v) is 4.51. The average molecular weight is 328 g/mol. The van der Waals surface area contributed by atoms with E-state index >= 15 is 0 Å². The van der Waals surface area contributed by atoms with E-state index in [9.17, 15) is 0 Å². The van der Waals surface area contributed by atoms with E-state index in [-0.39, 0.29) is 18.7 Å². The molecule has 124 valence electrons. The molecule has 0 saturated carbocycles. The molecule has 0 bridgehead atoms. The lowest BCUT2D eigenvalue weighted by atomic mass is 9.87. The minimum absolute atomic E-state index is 0. The number of nitrogens with zero attached hydrogens (tertiary/aromatic N) is 1. The number of hydrogen-bond donors (Lipinski definition) is 2. The van der Waals surface area contributed by atoms with Crippen LogP contribution >= 0.6 is 12.4 Å². The SMILES string of the molecule is COC(OC)c1nc2c(cc1C1CCNCC1)CCCN2.Cl. The van der Waals surface area contributed by atoms with Crippen molar-refractivity contribution in [3.05, 3.63) is 22.9 Å². The molecule has 2 N–H and O–H groups in total. The van der Waals surface area contributed by atoms with Gasteiger partial charge in [-0.05, 0) is 61.9 Å². The van der Waals surface area contributed by atoms with E-state index in [0.29, 0.717) is 5.92 Å². The molecule has 0 amide bonds. The Morgan fingerprint density at radius 1 is 1.18 bits per heavy atom. The molecule has 2 aliphatic rings. The number of rotatable bonds is 4. The largest absolute Gasteiger partial charge is 0.370 e. The first-order valence-corrected chi connectivity index (χ1v) is 7.87. The predicted molar refractivity (Wildman–Crippen MR) is 89.9 cm³/mol. The second kappa shape index (κ2) is 8.11. The summed E-state index contributed by atoms with van der Waals surface area (Å²) in [6, 6.07) is 2.34. The van der Waals surface area contributed by atoms with Crippen molar-refractivity contribution in [3.8, 4) is 0 Å². The van der Waals surface area contributed by atoms with E-state index in [4.69, 9.17) is 14.5 Å². The fourth-order valence-corrected chi connectivity index (χ4v) is 3.38. The summed E-state index contributed by atoms with van der Waals surface area (Å²) in [7, 11) is 3.35. The summed E-state index contributed by atoms with van der Waals surface area (Å²) < 4.78 is 11.0. The minimum atomic E-state index is -0.385. The number of aromatic nitrogens is 1. The van der Waals surface area contributed by atoms with Crippen molar-refractivity contribution in [3.63, 3.8) is 0 Å². The molecule has 5 nitrogen and oxygen atoms in total. The van der Waals surface area contributed by atoms with Crippen LogP contribution in [0.15, 0.2) is 6.07 Å². The highest BCUT2D eigenvalue weighted by Gasteiger charge is 2.26. The van der Waals surface area contributed by atoms with Crippen molar-refractivity contribution in [2.45, 2.75) is 37.9 Å². The molecule has 1 fully saturated rings. The molecule has 1 aromatic rings. The molecule has 22 heavy (non-hydrogen) atoms. The topological polar surface area (TPSA) is 55.4 Å². The van der Waals surface area contributed by atoms with Crippen LogP contribution in [0.3, 0.4) is 0 Å². The fraction of sp³-hybridized carbons (Fsp3) is 0.688. The first-order valence-electron chi connectivity index (χ1n) is 7.87. The van der Waals surface area contributed by atoms with Gasteiger partial charge in [0.2, 0.25) is 6.29 Å². The molecular weight excluding hydrogens is 302 g/mol. The van der Waals surface area contributed by atoms with Gasteiger partial charge in [-0.1, -0.05) is 0 Å². The molecule has 3 rings (SSSR count). The van der Waals surface area contributed by atoms with Crippen molar-refractivity contribution < 1.29 is 9.47 Å². The molecule has 0 aliphatic carbocycles. The van der Waals surface area contributed by atoms with Crippen LogP contribution in [0.2, 0.25) is 0 Å². The number of fused-ring (bicyclic) bond motifs is 1. The Morgan fingerprint density at radius 2 is 1.91 bits per heavy atom. The summed E-state index contributed by atoms with van der Waals surface area (Å²) in [6.45, 7) is 3.14. The maximum absolute atomic E-state index is 5.48. The summed E-state index contributed by atoms with van der Waals surface area (Å²) in [5.74, 6) is 1.56. The van der Waals surface area contributed by atoms with Crippen LogP contribution in [0.5, 0.6) is 0 Å². The molecule has 0 spiro atoms. The number of anilines is 1. The molecule has 0 aromatic carbocycles. The highest BCUT2D eigenvalue weighted by atomic mass is 35.5. The highest BCUT2D eigenvalue weighted by molar-refractivity contribution is 5.85. The van der Waals surface area contributed by atoms with E-state index in [1.807, 2.05) is 0 Å². The first kappa shape index (κ1) is 17.5. The van der Waals surface area contributed by atoms with Crippen LogP contribution in [-0.4, -0.2) is 38.8 Å². The molecule has 0 radical (unpaired) electrons. The smallest absolute Gasteiger partial charge is 0.200 e. The van der Waals surface area contributed by atoms with Crippen LogP contribution < -0.4 is 10.6 Å². The maximum Gasteiger partial charge on any atom is 0.200 e. The third kappa shape index (κ3) is 3.54. The summed E-state index contributed by atoms with van der Waals surface area (Å²) in [5.41, 5.74) is 3.59. The number of piperidine rings is 1. The zero-order valence-corrected chi connectivity index (χ0v) is 14.2. The van der Waals surface area contributed by atoms with Crippen LogP contribution in [0.4, 0.5) is 5.82 Å². The summed E-state index contributed by atoms with van der Waals surface area (Å²) in [6.07, 6.45) is 4.21. The standard InChI is InChI=1S/C16H25N3O2.ClH/c1-20-16(21-2)14-13(11-5-8-17-9-6-11)10-12-4-3-7-18-15(12)19-14;/h10-11,16-17H,3-9H2,1-2H3,(H,18,19);1H. The Kier molecular flexibility index (Phi) is 6.44. The first-order chi connectivity index (χ1) is 10.3. The molecular formula is C16H26ClN3O2. The third-order valence-electron chi connectivity index (χ3n) is 4.51. The van der Waals surface area contributed by atoms with Crippen molar-refractivity contribution in [2.24, 2.45) is 0 Å². The van der Waals surface area contributed by atoms with Gasteiger partial charge in [-0.3, -0.25) is 0 Å². The van der Waals surface area contributed by atoms with Crippen LogP contribution in [0, 0.1) is 0 Å². The molecule has 1 saturated heterocycles. The Hall–Kier alpha value is -0.880. The van der Waals surface area contributed by atoms with Gasteiger partial charge in [-0.15, -0.1) is 12.4 Å². The second-order valence-electron chi connectivity index (χ2n) is 5.83. The highest BCUT2D eigenvalue weighted by Crippen LogP contribution is 2.35. The number of methoxy groups -OCH3 is 2. The van der Waals surface area contributed by atoms with Crippen molar-refractivity contribution in [1.82, 2.24) is 10.3 Å². The molecule has 6 heteroatoms. The van der Waals surface area contributed by atoms with Crippen LogP contribution in [0.25, 0.3) is 0 Å². The zero-order valence-electron chi connectivity index (χ0n) is 13.4. The average Bonchev–Trinajstić information content (AvgIpc) is 2.56. The van der Waals surface area contributed by atoms with E-state index in [2.05, 4.69) is 16.7 Å². The number of ether oxygens (including phenoxy) is 2. The Morgan fingerprint density at radius 3 is 2.59 bits per heavy atom. The molecule has 0 unspecified atom stereocenters. The number of pyridine rings is 1. The van der Waals surface area contributed by atoms with E-state index in [1.165, 1.54) is 17.5 Å². The number of halogens is 1. The van der Waals surface area contributed by atoms with Gasteiger partial charge in [-0.2, -0.15) is 0 Å². The second-order valence-corrected chi connectivity index (χ2v) is 5.83. The van der Waals surface area contributed by atoms with Gasteiger partial charge in [0.15, 0.2) is 0 Å². The van der Waals surface area contributed by atoms with Gasteiger partial charge in [-0.25, -0.2) is 4.98 Å². The van der Waals surface area contributed by atoms with Crippen molar-refractivity contribution >= 4 is 18.2 Å². The van der Waals surface area contributed by atoms with Crippen molar-refractivity contribution in [1.29, 1.82) is 0 Å². The van der Waals surface area contributed by atoms with E-state index < -0.39 is 0 Å². The van der Waals surface area contributed by atoms with Gasteiger partial charge in [0.1, 0.15) is 11.5 Å². The van der Waals surface area contributed by atoms with Gasteiger partial charge in [0.25, 0.3) is 0 Å². The van der Waals surface area contributed by atoms with Gasteiger partial charge < -0.3 is 20.1 Å². The van der Waals surface area contributed by atoms with Gasteiger partial charge in [0, 0.05) is 20.8 Å². The maximum atomic E-state index is 5.48. The normalized spacial score (nSPS) is 18.5. The van der Waals surface area contributed by atoms with Gasteiger partial charge >= 0.3 is 0 Å². The Balaban J connectivity index is 0.00000176. The monoisotopic (exact) mass is 327 g/mol. The number of nitrogens with one attached hydrogen (secondary N) is 2. The van der Waals surface area contributed by atoms with Crippen LogP contribution in [0.1, 0.15) is 48.3 Å². The van der Waals surface area contributed by atoms with E-state index in [0.717, 1.165) is 50.4 Å². The number of hydrogen-bond acceptors (Lipinski definition) is 5. The van der Waals surface area contributed by atoms with Gasteiger partial charge in [0.05, 0.1) is 0 Å². The molecule has 0 atom stereocenters. The quantitative estimate of drug-likeness (QED) is 0.833. The lowest BCUT2D eigenvalue weighted by Gasteiger charge is -2.29. The molecule has 1 aromatic heterocycles. The lowest BCUT2D eigenvalue weighted by Crippen LogP contribution is -2.28. The molecule has 3 heterocycles. The summed E-state index contributed by atoms with van der Waals surface area (Å²) in [5, 5.41) is 6.83.